The van der Waals surface area contributed by atoms with Crippen LogP contribution < -0.4 is 0 Å². The molecule has 1 aliphatic rings. The third-order valence-corrected chi connectivity index (χ3v) is 2.65. The summed E-state index contributed by atoms with van der Waals surface area (Å²) < 4.78 is 5.14. The van der Waals surface area contributed by atoms with Gasteiger partial charge in [-0.2, -0.15) is 0 Å². The minimum Gasteiger partial charge on any atom is -0.465 e. The minimum absolute atomic E-state index is 0.0861. The Morgan fingerprint density at radius 1 is 1.43 bits per heavy atom. The average Bonchev–Trinajstić information content (AvgIpc) is 2.15. The number of carbonyl (C=O) groups is 1. The largest absolute Gasteiger partial charge is 0.465 e. The Bertz CT molecular complexity index is 261. The molecule has 0 aliphatic heterocycles. The standard InChI is InChI=1S/C12H18O2/c1-4-11(13)14-9-10-7-5-6-8-12(10,2)3/h5-8,10H,4,9H2,1-3H3. The van der Waals surface area contributed by atoms with Crippen LogP contribution >= 0.6 is 0 Å². The van der Waals surface area contributed by atoms with Gasteiger partial charge in [0.25, 0.3) is 0 Å². The van der Waals surface area contributed by atoms with Crippen molar-refractivity contribution in [2.24, 2.45) is 11.3 Å². The Morgan fingerprint density at radius 2 is 2.14 bits per heavy atom. The molecule has 0 spiro atoms. The third kappa shape index (κ3) is 2.72. The van der Waals surface area contributed by atoms with E-state index in [1.54, 1.807) is 0 Å². The molecule has 1 aliphatic carbocycles. The van der Waals surface area contributed by atoms with Crippen LogP contribution in [-0.4, -0.2) is 12.6 Å². The van der Waals surface area contributed by atoms with Gasteiger partial charge in [-0.3, -0.25) is 4.79 Å². The SMILES string of the molecule is CCC(=O)OCC1C=CC=CC1(C)C. The van der Waals surface area contributed by atoms with Crippen LogP contribution in [0.1, 0.15) is 27.2 Å². The molecule has 0 fully saturated rings. The molecule has 2 heteroatoms. The molecule has 1 atom stereocenters. The maximum atomic E-state index is 11.0. The maximum Gasteiger partial charge on any atom is 0.305 e. The molecule has 0 amide bonds. The van der Waals surface area contributed by atoms with E-state index < -0.39 is 0 Å². The lowest BCUT2D eigenvalue weighted by atomic mass is 9.76. The smallest absolute Gasteiger partial charge is 0.305 e. The molecule has 0 bridgehead atoms. The van der Waals surface area contributed by atoms with Crippen molar-refractivity contribution >= 4 is 5.97 Å². The van der Waals surface area contributed by atoms with Crippen molar-refractivity contribution in [1.82, 2.24) is 0 Å². The highest BCUT2D eigenvalue weighted by atomic mass is 16.5. The first kappa shape index (κ1) is 11.0. The van der Waals surface area contributed by atoms with E-state index in [1.807, 2.05) is 19.1 Å². The number of ether oxygens (including phenoxy) is 1. The highest BCUT2D eigenvalue weighted by Gasteiger charge is 2.27. The van der Waals surface area contributed by atoms with Crippen molar-refractivity contribution < 1.29 is 9.53 Å². The molecule has 0 aromatic rings. The fraction of sp³-hybridized carbons (Fsp3) is 0.583. The van der Waals surface area contributed by atoms with Crippen LogP contribution in [0.5, 0.6) is 0 Å². The van der Waals surface area contributed by atoms with Gasteiger partial charge in [-0.15, -0.1) is 0 Å². The van der Waals surface area contributed by atoms with Crippen LogP contribution in [0.2, 0.25) is 0 Å². The van der Waals surface area contributed by atoms with E-state index in [0.29, 0.717) is 18.9 Å². The minimum atomic E-state index is -0.122. The molecule has 0 aromatic heterocycles. The van der Waals surface area contributed by atoms with Crippen molar-refractivity contribution in [2.45, 2.75) is 27.2 Å². The van der Waals surface area contributed by atoms with E-state index in [1.165, 1.54) is 0 Å². The fourth-order valence-electron chi connectivity index (χ4n) is 1.43. The monoisotopic (exact) mass is 194 g/mol. The van der Waals surface area contributed by atoms with Gasteiger partial charge < -0.3 is 4.74 Å². The Balaban J connectivity index is 2.48. The Hall–Kier alpha value is -1.05. The second kappa shape index (κ2) is 4.45. The maximum absolute atomic E-state index is 11.0. The molecular weight excluding hydrogens is 176 g/mol. The van der Waals surface area contributed by atoms with E-state index in [4.69, 9.17) is 4.74 Å². The van der Waals surface area contributed by atoms with E-state index in [0.717, 1.165) is 0 Å². The van der Waals surface area contributed by atoms with Crippen molar-refractivity contribution in [3.8, 4) is 0 Å². The highest BCUT2D eigenvalue weighted by molar-refractivity contribution is 5.68. The molecule has 78 valence electrons. The number of hydrogen-bond donors (Lipinski definition) is 0. The molecule has 0 aromatic carbocycles. The highest BCUT2D eigenvalue weighted by Crippen LogP contribution is 2.32. The van der Waals surface area contributed by atoms with Gasteiger partial charge in [0.05, 0.1) is 6.61 Å². The Labute approximate surface area is 85.6 Å². The van der Waals surface area contributed by atoms with Gasteiger partial charge in [-0.1, -0.05) is 45.1 Å². The predicted octanol–water partition coefficient (Wildman–Crippen LogP) is 2.71. The average molecular weight is 194 g/mol. The zero-order chi connectivity index (χ0) is 10.6. The van der Waals surface area contributed by atoms with Gasteiger partial charge in [-0.25, -0.2) is 0 Å². The second-order valence-electron chi connectivity index (χ2n) is 4.21. The first-order valence-electron chi connectivity index (χ1n) is 5.08. The number of hydrogen-bond acceptors (Lipinski definition) is 2. The van der Waals surface area contributed by atoms with Crippen LogP contribution in [0, 0.1) is 11.3 Å². The lowest BCUT2D eigenvalue weighted by molar-refractivity contribution is -0.144. The van der Waals surface area contributed by atoms with Crippen molar-refractivity contribution in [3.63, 3.8) is 0 Å². The topological polar surface area (TPSA) is 26.3 Å². The molecule has 2 nitrogen and oxygen atoms in total. The summed E-state index contributed by atoms with van der Waals surface area (Å²) in [4.78, 5) is 11.0. The summed E-state index contributed by atoms with van der Waals surface area (Å²) in [6.07, 6.45) is 8.75. The second-order valence-corrected chi connectivity index (χ2v) is 4.21. The summed E-state index contributed by atoms with van der Waals surface area (Å²) in [5.41, 5.74) is 0.0861. The lowest BCUT2D eigenvalue weighted by Crippen LogP contribution is -2.27. The number of allylic oxidation sites excluding steroid dienone is 3. The van der Waals surface area contributed by atoms with Gasteiger partial charge >= 0.3 is 5.97 Å². The molecule has 1 rings (SSSR count). The first-order chi connectivity index (χ1) is 6.56. The zero-order valence-corrected chi connectivity index (χ0v) is 9.12. The summed E-state index contributed by atoms with van der Waals surface area (Å²) in [6, 6.07) is 0. The summed E-state index contributed by atoms with van der Waals surface area (Å²) in [5, 5.41) is 0. The lowest BCUT2D eigenvalue weighted by Gasteiger charge is -2.30. The molecule has 1 unspecified atom stereocenters. The molecule has 14 heavy (non-hydrogen) atoms. The van der Waals surface area contributed by atoms with Crippen LogP contribution in [0.4, 0.5) is 0 Å². The Kier molecular flexibility index (Phi) is 3.50. The van der Waals surface area contributed by atoms with Crippen LogP contribution in [0.25, 0.3) is 0 Å². The molecule has 0 saturated heterocycles. The van der Waals surface area contributed by atoms with Crippen molar-refractivity contribution in [1.29, 1.82) is 0 Å². The van der Waals surface area contributed by atoms with E-state index >= 15 is 0 Å². The molecule has 0 heterocycles. The van der Waals surface area contributed by atoms with E-state index in [-0.39, 0.29) is 11.4 Å². The quantitative estimate of drug-likeness (QED) is 0.646. The fourth-order valence-corrected chi connectivity index (χ4v) is 1.43. The number of esters is 1. The molecule has 0 radical (unpaired) electrons. The predicted molar refractivity (Wildman–Crippen MR) is 56.8 cm³/mol. The van der Waals surface area contributed by atoms with Gasteiger partial charge in [0.2, 0.25) is 0 Å². The van der Waals surface area contributed by atoms with Crippen molar-refractivity contribution in [2.75, 3.05) is 6.61 Å². The summed E-state index contributed by atoms with van der Waals surface area (Å²) in [5.74, 6) is 0.173. The summed E-state index contributed by atoms with van der Waals surface area (Å²) in [6.45, 7) is 6.60. The molecule has 0 N–H and O–H groups in total. The summed E-state index contributed by atoms with van der Waals surface area (Å²) in [7, 11) is 0. The van der Waals surface area contributed by atoms with E-state index in [9.17, 15) is 4.79 Å². The first-order valence-corrected chi connectivity index (χ1v) is 5.08. The number of carbonyl (C=O) groups excluding carboxylic acids is 1. The van der Waals surface area contributed by atoms with Gasteiger partial charge in [-0.05, 0) is 5.41 Å². The van der Waals surface area contributed by atoms with E-state index in [2.05, 4.69) is 26.0 Å². The third-order valence-electron chi connectivity index (χ3n) is 2.65. The summed E-state index contributed by atoms with van der Waals surface area (Å²) >= 11 is 0. The van der Waals surface area contributed by atoms with Gasteiger partial charge in [0.15, 0.2) is 0 Å². The van der Waals surface area contributed by atoms with Gasteiger partial charge in [0.1, 0.15) is 0 Å². The molecule has 0 saturated carbocycles. The zero-order valence-electron chi connectivity index (χ0n) is 9.12. The molecular formula is C12H18O2. The van der Waals surface area contributed by atoms with Gasteiger partial charge in [0, 0.05) is 12.3 Å². The Morgan fingerprint density at radius 3 is 2.71 bits per heavy atom. The van der Waals surface area contributed by atoms with Crippen LogP contribution in [0.15, 0.2) is 24.3 Å². The van der Waals surface area contributed by atoms with Crippen molar-refractivity contribution in [3.05, 3.63) is 24.3 Å². The normalized spacial score (nSPS) is 23.5. The number of rotatable bonds is 3. The van der Waals surface area contributed by atoms with Crippen LogP contribution in [0.3, 0.4) is 0 Å². The van der Waals surface area contributed by atoms with Crippen LogP contribution in [-0.2, 0) is 9.53 Å².